The lowest BCUT2D eigenvalue weighted by Crippen LogP contribution is -2.56. The number of amides is 2. The molecule has 1 aliphatic carbocycles. The Morgan fingerprint density at radius 3 is 2.47 bits per heavy atom. The van der Waals surface area contributed by atoms with Crippen LogP contribution in [0.25, 0.3) is 0 Å². The normalized spacial score (nSPS) is 19.7. The molecule has 3 rings (SSSR count). The number of hydrogen-bond acceptors (Lipinski definition) is 3. The summed E-state index contributed by atoms with van der Waals surface area (Å²) in [6.07, 6.45) is 8.72. The van der Waals surface area contributed by atoms with Gasteiger partial charge in [0.25, 0.3) is 0 Å². The van der Waals surface area contributed by atoms with Crippen molar-refractivity contribution in [2.75, 3.05) is 31.1 Å². The molecule has 2 atom stereocenters. The van der Waals surface area contributed by atoms with Gasteiger partial charge in [-0.15, -0.1) is 0 Å². The van der Waals surface area contributed by atoms with E-state index in [9.17, 15) is 9.59 Å². The summed E-state index contributed by atoms with van der Waals surface area (Å²) in [7, 11) is 2.09. The Morgan fingerprint density at radius 2 is 1.88 bits per heavy atom. The third-order valence-electron chi connectivity index (χ3n) is 6.22. The zero-order valence-electron chi connectivity index (χ0n) is 19.1. The van der Waals surface area contributed by atoms with Gasteiger partial charge in [0, 0.05) is 38.3 Å². The number of rotatable bonds is 7. The summed E-state index contributed by atoms with van der Waals surface area (Å²) in [5.41, 5.74) is 2.28. The molecule has 1 N–H and O–H groups in total. The molecule has 8 heteroatoms. The van der Waals surface area contributed by atoms with Crippen molar-refractivity contribution in [2.24, 2.45) is 11.8 Å². The van der Waals surface area contributed by atoms with Crippen molar-refractivity contribution in [1.82, 2.24) is 10.2 Å². The van der Waals surface area contributed by atoms with Gasteiger partial charge in [0.2, 0.25) is 11.8 Å². The van der Waals surface area contributed by atoms with Crippen LogP contribution in [0.3, 0.4) is 0 Å². The molecule has 0 aromatic heterocycles. The van der Waals surface area contributed by atoms with Gasteiger partial charge >= 0.3 is 0 Å². The van der Waals surface area contributed by atoms with Crippen molar-refractivity contribution in [3.8, 4) is 0 Å². The summed E-state index contributed by atoms with van der Waals surface area (Å²) in [6, 6.07) is 5.10. The lowest BCUT2D eigenvalue weighted by molar-refractivity contribution is -0.138. The first kappa shape index (κ1) is 24.7. The second-order valence-electron chi connectivity index (χ2n) is 9.04. The summed E-state index contributed by atoms with van der Waals surface area (Å²) >= 11 is 12.2. The standard InChI is InChI=1S/C24H32BCl2N3O2/c1-16(2)23(28-22(31)10-5-17-3-6-18(25)7-4-17)24(32)30-13-11-29(12-14-30)19-8-9-20(26)21(27)15-19/h3,6-9,15-17,23H,4-5,10-14,25H2,1-2H3,(H,28,31)/t17?,23-/m1/s1. The molecule has 0 bridgehead atoms. The Kier molecular flexibility index (Phi) is 8.72. The molecule has 1 unspecified atom stereocenters. The number of halogens is 2. The van der Waals surface area contributed by atoms with Crippen molar-refractivity contribution in [3.05, 3.63) is 51.9 Å². The molecule has 1 saturated heterocycles. The van der Waals surface area contributed by atoms with E-state index >= 15 is 0 Å². The average Bonchev–Trinajstić information content (AvgIpc) is 2.78. The fourth-order valence-corrected chi connectivity index (χ4v) is 4.42. The highest BCUT2D eigenvalue weighted by atomic mass is 35.5. The highest BCUT2D eigenvalue weighted by Crippen LogP contribution is 2.28. The summed E-state index contributed by atoms with van der Waals surface area (Å²) < 4.78 is 0. The Balaban J connectivity index is 1.50. The Hall–Kier alpha value is -1.92. The van der Waals surface area contributed by atoms with Crippen LogP contribution in [0.4, 0.5) is 5.69 Å². The highest BCUT2D eigenvalue weighted by molar-refractivity contribution is 6.42. The minimum Gasteiger partial charge on any atom is -0.368 e. The minimum atomic E-state index is -0.497. The van der Waals surface area contributed by atoms with E-state index in [-0.39, 0.29) is 17.7 Å². The second-order valence-corrected chi connectivity index (χ2v) is 9.86. The van der Waals surface area contributed by atoms with Gasteiger partial charge in [0.15, 0.2) is 0 Å². The van der Waals surface area contributed by atoms with Crippen LogP contribution >= 0.6 is 23.2 Å². The summed E-state index contributed by atoms with van der Waals surface area (Å²) in [5, 5.41) is 4.06. The molecule has 0 spiro atoms. The molecule has 2 aliphatic rings. The van der Waals surface area contributed by atoms with E-state index in [2.05, 4.69) is 36.3 Å². The molecule has 1 aromatic carbocycles. The van der Waals surface area contributed by atoms with Crippen LogP contribution in [0.1, 0.15) is 33.1 Å². The monoisotopic (exact) mass is 475 g/mol. The Morgan fingerprint density at radius 1 is 1.16 bits per heavy atom. The van der Waals surface area contributed by atoms with E-state index in [0.29, 0.717) is 48.6 Å². The molecule has 0 radical (unpaired) electrons. The van der Waals surface area contributed by atoms with Gasteiger partial charge in [0.05, 0.1) is 10.0 Å². The molecule has 0 saturated carbocycles. The van der Waals surface area contributed by atoms with E-state index in [1.165, 1.54) is 5.47 Å². The van der Waals surface area contributed by atoms with E-state index in [1.54, 1.807) is 6.07 Å². The van der Waals surface area contributed by atoms with Crippen LogP contribution in [0.2, 0.25) is 10.0 Å². The lowest BCUT2D eigenvalue weighted by Gasteiger charge is -2.38. The van der Waals surface area contributed by atoms with Gasteiger partial charge in [-0.25, -0.2) is 0 Å². The molecule has 172 valence electrons. The maximum absolute atomic E-state index is 13.2. The zero-order valence-corrected chi connectivity index (χ0v) is 20.6. The van der Waals surface area contributed by atoms with Crippen LogP contribution in [0.15, 0.2) is 41.9 Å². The van der Waals surface area contributed by atoms with Crippen LogP contribution in [-0.4, -0.2) is 56.8 Å². The molecular formula is C24H32BCl2N3O2. The zero-order chi connectivity index (χ0) is 23.3. The number of nitrogens with one attached hydrogen (secondary N) is 1. The van der Waals surface area contributed by atoms with E-state index in [1.807, 2.05) is 30.9 Å². The van der Waals surface area contributed by atoms with Gasteiger partial charge in [-0.2, -0.15) is 0 Å². The smallest absolute Gasteiger partial charge is 0.245 e. The topological polar surface area (TPSA) is 52.7 Å². The van der Waals surface area contributed by atoms with Gasteiger partial charge in [-0.1, -0.05) is 60.7 Å². The van der Waals surface area contributed by atoms with E-state index in [4.69, 9.17) is 23.2 Å². The van der Waals surface area contributed by atoms with Crippen molar-refractivity contribution in [3.63, 3.8) is 0 Å². The van der Waals surface area contributed by atoms with E-state index < -0.39 is 6.04 Å². The third kappa shape index (κ3) is 6.55. The average molecular weight is 476 g/mol. The van der Waals surface area contributed by atoms with Crippen LogP contribution in [0, 0.1) is 11.8 Å². The van der Waals surface area contributed by atoms with Crippen LogP contribution in [-0.2, 0) is 9.59 Å². The predicted molar refractivity (Wildman–Crippen MR) is 135 cm³/mol. The summed E-state index contributed by atoms with van der Waals surface area (Å²) in [5.74, 6) is 0.372. The lowest BCUT2D eigenvalue weighted by atomic mass is 9.85. The maximum Gasteiger partial charge on any atom is 0.245 e. The number of hydrogen-bond donors (Lipinski definition) is 1. The third-order valence-corrected chi connectivity index (χ3v) is 6.96. The number of carbonyl (C=O) groups is 2. The summed E-state index contributed by atoms with van der Waals surface area (Å²) in [4.78, 5) is 29.8. The number of allylic oxidation sites excluding steroid dienone is 4. The quantitative estimate of drug-likeness (QED) is 0.612. The first-order valence-corrected chi connectivity index (χ1v) is 12.1. The fourth-order valence-electron chi connectivity index (χ4n) is 4.12. The molecule has 1 aromatic rings. The van der Waals surface area contributed by atoms with Crippen molar-refractivity contribution >= 4 is 48.5 Å². The number of piperazine rings is 1. The number of carbonyl (C=O) groups excluding carboxylic acids is 2. The number of anilines is 1. The molecule has 5 nitrogen and oxygen atoms in total. The van der Waals surface area contributed by atoms with Gasteiger partial charge in [-0.3, -0.25) is 9.59 Å². The molecule has 32 heavy (non-hydrogen) atoms. The SMILES string of the molecule is BC1=CCC(CCC(=O)N[C@@H](C(=O)N2CCN(c3ccc(Cl)c(Cl)c3)CC2)C(C)C)C=C1. The van der Waals surface area contributed by atoms with Crippen LogP contribution in [0.5, 0.6) is 0 Å². The first-order chi connectivity index (χ1) is 15.2. The predicted octanol–water partition coefficient (Wildman–Crippen LogP) is 3.66. The molecule has 1 heterocycles. The number of nitrogens with zero attached hydrogens (tertiary/aromatic N) is 2. The summed E-state index contributed by atoms with van der Waals surface area (Å²) in [6.45, 7) is 6.60. The van der Waals surface area contributed by atoms with Crippen LogP contribution < -0.4 is 10.2 Å². The molecule has 1 fully saturated rings. The first-order valence-electron chi connectivity index (χ1n) is 11.4. The molecule has 1 aliphatic heterocycles. The van der Waals surface area contributed by atoms with Crippen molar-refractivity contribution in [1.29, 1.82) is 0 Å². The Bertz CT molecular complexity index is 895. The largest absolute Gasteiger partial charge is 0.368 e. The molecule has 2 amide bonds. The fraction of sp³-hybridized carbons (Fsp3) is 0.500. The minimum absolute atomic E-state index is 0.00161. The number of benzene rings is 1. The van der Waals surface area contributed by atoms with Gasteiger partial charge < -0.3 is 15.1 Å². The van der Waals surface area contributed by atoms with Gasteiger partial charge in [-0.05, 0) is 42.9 Å². The van der Waals surface area contributed by atoms with E-state index in [0.717, 1.165) is 18.5 Å². The molecular weight excluding hydrogens is 444 g/mol. The highest BCUT2D eigenvalue weighted by Gasteiger charge is 2.31. The van der Waals surface area contributed by atoms with Crippen molar-refractivity contribution in [2.45, 2.75) is 39.2 Å². The Labute approximate surface area is 202 Å². The van der Waals surface area contributed by atoms with Gasteiger partial charge in [0.1, 0.15) is 13.9 Å². The van der Waals surface area contributed by atoms with Crippen molar-refractivity contribution < 1.29 is 9.59 Å². The maximum atomic E-state index is 13.2. The second kappa shape index (κ2) is 11.3.